The van der Waals surface area contributed by atoms with Crippen molar-refractivity contribution in [2.24, 2.45) is 0 Å². The summed E-state index contributed by atoms with van der Waals surface area (Å²) in [4.78, 5) is 27.1. The van der Waals surface area contributed by atoms with Crippen molar-refractivity contribution >= 4 is 17.6 Å². The first-order valence-electron chi connectivity index (χ1n) is 8.30. The van der Waals surface area contributed by atoms with Crippen molar-refractivity contribution in [2.45, 2.75) is 12.5 Å². The van der Waals surface area contributed by atoms with E-state index >= 15 is 0 Å². The fourth-order valence-electron chi connectivity index (χ4n) is 2.71. The van der Waals surface area contributed by atoms with Crippen LogP contribution in [0.3, 0.4) is 0 Å². The maximum Gasteiger partial charge on any atom is 0.315 e. The fourth-order valence-corrected chi connectivity index (χ4v) is 2.71. The van der Waals surface area contributed by atoms with Gasteiger partial charge in [-0.3, -0.25) is 4.79 Å². The van der Waals surface area contributed by atoms with E-state index in [9.17, 15) is 9.59 Å². The molecule has 0 aliphatic carbocycles. The van der Waals surface area contributed by atoms with Crippen LogP contribution in [0.25, 0.3) is 0 Å². The van der Waals surface area contributed by atoms with Crippen LogP contribution in [-0.2, 0) is 4.79 Å². The van der Waals surface area contributed by atoms with Crippen LogP contribution in [0, 0.1) is 0 Å². The maximum atomic E-state index is 12.3. The van der Waals surface area contributed by atoms with Crippen LogP contribution in [0.1, 0.15) is 6.42 Å². The molecule has 1 aliphatic heterocycles. The van der Waals surface area contributed by atoms with Gasteiger partial charge in [0.1, 0.15) is 0 Å². The number of nitrogens with one attached hydrogen (secondary N) is 3. The van der Waals surface area contributed by atoms with Crippen LogP contribution >= 0.6 is 0 Å². The van der Waals surface area contributed by atoms with E-state index in [1.807, 2.05) is 20.2 Å². The van der Waals surface area contributed by atoms with E-state index in [0.29, 0.717) is 24.6 Å². The molecule has 0 aromatic heterocycles. The summed E-state index contributed by atoms with van der Waals surface area (Å²) in [5, 5.41) is 5.66. The summed E-state index contributed by atoms with van der Waals surface area (Å²) in [5.74, 6) is 1.14. The summed E-state index contributed by atoms with van der Waals surface area (Å²) in [5.41, 5.74) is 0.726. The summed E-state index contributed by atoms with van der Waals surface area (Å²) in [6.07, 6.45) is 0.278. The van der Waals surface area contributed by atoms with Crippen molar-refractivity contribution in [1.82, 2.24) is 10.6 Å². The Labute approximate surface area is 148 Å². The van der Waals surface area contributed by atoms with E-state index in [-0.39, 0.29) is 24.4 Å². The highest BCUT2D eigenvalue weighted by atomic mass is 16.5. The minimum absolute atomic E-state index is 0.0322. The van der Waals surface area contributed by atoms with Crippen molar-refractivity contribution in [3.05, 3.63) is 18.2 Å². The second kappa shape index (κ2) is 8.57. The summed E-state index contributed by atoms with van der Waals surface area (Å²) < 4.78 is 10.5. The third-order valence-electron chi connectivity index (χ3n) is 4.05. The number of carbonyl (C=O) groups is 2. The number of rotatable bonds is 7. The van der Waals surface area contributed by atoms with E-state index in [2.05, 4.69) is 10.6 Å². The molecular formula is C17H27N4O4+. The summed E-state index contributed by atoms with van der Waals surface area (Å²) >= 11 is 0. The van der Waals surface area contributed by atoms with Gasteiger partial charge in [-0.1, -0.05) is 0 Å². The number of amides is 3. The number of carbonyl (C=O) groups excluding carboxylic acids is 2. The zero-order valence-electron chi connectivity index (χ0n) is 15.2. The van der Waals surface area contributed by atoms with Crippen molar-refractivity contribution in [2.75, 3.05) is 52.8 Å². The molecule has 0 bridgehead atoms. The van der Waals surface area contributed by atoms with E-state index in [1.54, 1.807) is 31.3 Å². The molecule has 25 heavy (non-hydrogen) atoms. The van der Waals surface area contributed by atoms with Crippen LogP contribution < -0.4 is 29.9 Å². The standard InChI is InChI=1S/C17H26N4O4/c1-20(2)8-7-18-17(23)19-12-9-16(22)21(11-12)13-5-6-14(24-3)15(10-13)25-4/h5-6,10,12H,7-9,11H2,1-4H3,(H2,18,19,23)/p+1/t12-/m1/s1. The monoisotopic (exact) mass is 351 g/mol. The Bertz CT molecular complexity index is 621. The number of methoxy groups -OCH3 is 2. The molecule has 1 heterocycles. The number of likely N-dealkylation sites (N-methyl/N-ethyl adjacent to an activating group) is 1. The van der Waals surface area contributed by atoms with Crippen molar-refractivity contribution in [1.29, 1.82) is 0 Å². The van der Waals surface area contributed by atoms with E-state index in [4.69, 9.17) is 9.47 Å². The molecule has 138 valence electrons. The minimum atomic E-state index is -0.242. The van der Waals surface area contributed by atoms with Crippen molar-refractivity contribution in [3.8, 4) is 11.5 Å². The Balaban J connectivity index is 1.95. The largest absolute Gasteiger partial charge is 0.493 e. The Kier molecular flexibility index (Phi) is 6.46. The molecule has 1 atom stereocenters. The van der Waals surface area contributed by atoms with Gasteiger partial charge in [-0.15, -0.1) is 0 Å². The molecule has 1 aromatic carbocycles. The van der Waals surface area contributed by atoms with Gasteiger partial charge in [-0.2, -0.15) is 0 Å². The molecule has 0 spiro atoms. The van der Waals surface area contributed by atoms with Crippen molar-refractivity contribution < 1.29 is 24.0 Å². The van der Waals surface area contributed by atoms with Gasteiger partial charge in [-0.05, 0) is 12.1 Å². The molecule has 1 saturated heterocycles. The van der Waals surface area contributed by atoms with E-state index in [0.717, 1.165) is 12.2 Å². The molecule has 1 aromatic rings. The number of benzene rings is 1. The number of anilines is 1. The summed E-state index contributed by atoms with van der Waals surface area (Å²) in [6.45, 7) is 1.86. The molecular weight excluding hydrogens is 324 g/mol. The van der Waals surface area contributed by atoms with Crippen LogP contribution in [0.2, 0.25) is 0 Å². The normalized spacial score (nSPS) is 16.9. The average molecular weight is 351 g/mol. The van der Waals surface area contributed by atoms with Crippen LogP contribution in [0.5, 0.6) is 11.5 Å². The molecule has 1 aliphatic rings. The van der Waals surface area contributed by atoms with Gasteiger partial charge in [0.15, 0.2) is 11.5 Å². The maximum absolute atomic E-state index is 12.3. The molecule has 8 heteroatoms. The summed E-state index contributed by atoms with van der Waals surface area (Å²) in [7, 11) is 7.17. The highest BCUT2D eigenvalue weighted by Gasteiger charge is 2.32. The lowest BCUT2D eigenvalue weighted by molar-refractivity contribution is -0.856. The highest BCUT2D eigenvalue weighted by Crippen LogP contribution is 2.33. The summed E-state index contributed by atoms with van der Waals surface area (Å²) in [6, 6.07) is 4.87. The number of urea groups is 1. The number of ether oxygens (including phenoxy) is 2. The van der Waals surface area contributed by atoms with Gasteiger partial charge in [-0.25, -0.2) is 4.79 Å². The zero-order valence-corrected chi connectivity index (χ0v) is 15.2. The predicted molar refractivity (Wildman–Crippen MR) is 94.5 cm³/mol. The number of quaternary nitrogens is 1. The fraction of sp³-hybridized carbons (Fsp3) is 0.529. The molecule has 3 amide bonds. The smallest absolute Gasteiger partial charge is 0.315 e. The second-order valence-electron chi connectivity index (χ2n) is 6.30. The number of hydrogen-bond acceptors (Lipinski definition) is 4. The molecule has 2 rings (SSSR count). The third kappa shape index (κ3) is 4.99. The molecule has 3 N–H and O–H groups in total. The third-order valence-corrected chi connectivity index (χ3v) is 4.05. The first kappa shape index (κ1) is 18.9. The Morgan fingerprint density at radius 3 is 2.64 bits per heavy atom. The second-order valence-corrected chi connectivity index (χ2v) is 6.30. The molecule has 8 nitrogen and oxygen atoms in total. The highest BCUT2D eigenvalue weighted by molar-refractivity contribution is 5.97. The SMILES string of the molecule is COc1ccc(N2C[C@H](NC(=O)NCC[NH+](C)C)CC2=O)cc1OC. The Morgan fingerprint density at radius 1 is 1.28 bits per heavy atom. The van der Waals surface area contributed by atoms with Crippen LogP contribution in [0.4, 0.5) is 10.5 Å². The quantitative estimate of drug-likeness (QED) is 0.604. The van der Waals surface area contributed by atoms with Gasteiger partial charge >= 0.3 is 6.03 Å². The minimum Gasteiger partial charge on any atom is -0.493 e. The predicted octanol–water partition coefficient (Wildman–Crippen LogP) is -0.747. The lowest BCUT2D eigenvalue weighted by atomic mass is 10.2. The zero-order chi connectivity index (χ0) is 18.4. The first-order chi connectivity index (χ1) is 11.9. The van der Waals surface area contributed by atoms with Crippen LogP contribution in [-0.4, -0.2) is 65.9 Å². The molecule has 0 saturated carbocycles. The Morgan fingerprint density at radius 2 is 2.00 bits per heavy atom. The van der Waals surface area contributed by atoms with Crippen LogP contribution in [0.15, 0.2) is 18.2 Å². The number of nitrogens with zero attached hydrogens (tertiary/aromatic N) is 1. The van der Waals surface area contributed by atoms with Gasteiger partial charge in [0.25, 0.3) is 0 Å². The molecule has 0 radical (unpaired) electrons. The lowest BCUT2D eigenvalue weighted by Gasteiger charge is -2.19. The van der Waals surface area contributed by atoms with Gasteiger partial charge < -0.3 is 29.9 Å². The molecule has 0 unspecified atom stereocenters. The Hall–Kier alpha value is -2.48. The van der Waals surface area contributed by atoms with Gasteiger partial charge in [0.2, 0.25) is 5.91 Å². The number of hydrogen-bond donors (Lipinski definition) is 3. The van der Waals surface area contributed by atoms with Crippen molar-refractivity contribution in [3.63, 3.8) is 0 Å². The topological polar surface area (TPSA) is 84.3 Å². The first-order valence-corrected chi connectivity index (χ1v) is 8.30. The lowest BCUT2D eigenvalue weighted by Crippen LogP contribution is -3.06. The van der Waals surface area contributed by atoms with Gasteiger partial charge in [0.05, 0.1) is 47.4 Å². The average Bonchev–Trinajstić information content (AvgIpc) is 2.94. The molecule has 1 fully saturated rings. The van der Waals surface area contributed by atoms with Gasteiger partial charge in [0, 0.05) is 24.7 Å². The van der Waals surface area contributed by atoms with E-state index < -0.39 is 0 Å². The van der Waals surface area contributed by atoms with E-state index in [1.165, 1.54) is 4.90 Å².